The summed E-state index contributed by atoms with van der Waals surface area (Å²) in [4.78, 5) is 37.0. The largest absolute Gasteiger partial charge is 0.493 e. The zero-order chi connectivity index (χ0) is 22.3. The third-order valence-electron chi connectivity index (χ3n) is 3.97. The van der Waals surface area contributed by atoms with Crippen molar-refractivity contribution >= 4 is 29.1 Å². The summed E-state index contributed by atoms with van der Waals surface area (Å²) >= 11 is 0. The Morgan fingerprint density at radius 2 is 1.90 bits per heavy atom. The molecule has 1 unspecified atom stereocenters. The van der Waals surface area contributed by atoms with Gasteiger partial charge in [0, 0.05) is 17.8 Å². The number of methoxy groups -OCH3 is 2. The fourth-order valence-electron chi connectivity index (χ4n) is 2.45. The van der Waals surface area contributed by atoms with Gasteiger partial charge in [-0.05, 0) is 19.1 Å². The predicted octanol–water partition coefficient (Wildman–Crippen LogP) is 2.45. The molecule has 10 heteroatoms. The Morgan fingerprint density at radius 3 is 2.43 bits per heavy atom. The van der Waals surface area contributed by atoms with Crippen molar-refractivity contribution in [2.75, 3.05) is 26.1 Å². The zero-order valence-electron chi connectivity index (χ0n) is 16.5. The smallest absolute Gasteiger partial charge is 0.340 e. The van der Waals surface area contributed by atoms with Crippen LogP contribution < -0.4 is 14.8 Å². The summed E-state index contributed by atoms with van der Waals surface area (Å²) in [6, 6.07) is 7.29. The molecule has 1 heterocycles. The van der Waals surface area contributed by atoms with Gasteiger partial charge in [-0.25, -0.2) is 4.79 Å². The van der Waals surface area contributed by atoms with Gasteiger partial charge in [-0.15, -0.1) is 0 Å². The summed E-state index contributed by atoms with van der Waals surface area (Å²) in [6.45, 7) is 0.595. The first-order valence-corrected chi connectivity index (χ1v) is 8.57. The lowest BCUT2D eigenvalue weighted by molar-refractivity contribution is -0.122. The Kier molecular flexibility index (Phi) is 7.30. The summed E-state index contributed by atoms with van der Waals surface area (Å²) in [5.74, 6) is -3.17. The van der Waals surface area contributed by atoms with Gasteiger partial charge in [0.25, 0.3) is 5.91 Å². The molecule has 1 amide bonds. The van der Waals surface area contributed by atoms with Gasteiger partial charge in [0.2, 0.25) is 0 Å². The molecule has 2 aromatic rings. The number of carbonyl (C=O) groups excluding carboxylic acids is 3. The Labute approximate surface area is 171 Å². The van der Waals surface area contributed by atoms with Gasteiger partial charge in [0.1, 0.15) is 5.92 Å². The summed E-state index contributed by atoms with van der Waals surface area (Å²) in [7, 11) is 2.75. The first-order chi connectivity index (χ1) is 14.3. The summed E-state index contributed by atoms with van der Waals surface area (Å²) in [5.41, 5.74) is -0.233. The first kappa shape index (κ1) is 22.2. The van der Waals surface area contributed by atoms with Crippen molar-refractivity contribution in [3.05, 3.63) is 41.9 Å². The molecule has 2 rings (SSSR count). The highest BCUT2D eigenvalue weighted by atomic mass is 16.5. The third-order valence-corrected chi connectivity index (χ3v) is 3.97. The molecule has 0 aliphatic carbocycles. The van der Waals surface area contributed by atoms with E-state index in [2.05, 4.69) is 5.32 Å². The van der Waals surface area contributed by atoms with Crippen LogP contribution in [0.3, 0.4) is 0 Å². The lowest BCUT2D eigenvalue weighted by Gasteiger charge is -2.15. The molecule has 30 heavy (non-hydrogen) atoms. The second kappa shape index (κ2) is 9.88. The van der Waals surface area contributed by atoms with E-state index in [-0.39, 0.29) is 34.2 Å². The fourth-order valence-corrected chi connectivity index (χ4v) is 2.45. The van der Waals surface area contributed by atoms with Gasteiger partial charge in [-0.2, -0.15) is 5.26 Å². The van der Waals surface area contributed by atoms with Crippen LogP contribution >= 0.6 is 0 Å². The monoisotopic (exact) mass is 413 g/mol. The van der Waals surface area contributed by atoms with Crippen LogP contribution in [-0.2, 0) is 9.53 Å². The van der Waals surface area contributed by atoms with Crippen LogP contribution in [0.5, 0.6) is 11.5 Å². The Bertz CT molecular complexity index is 1010. The van der Waals surface area contributed by atoms with Crippen molar-refractivity contribution < 1.29 is 33.0 Å². The summed E-state index contributed by atoms with van der Waals surface area (Å²) in [5, 5.41) is 18.9. The second-order valence-electron chi connectivity index (χ2n) is 5.97. The average molecular weight is 413 g/mol. The molecule has 0 saturated carbocycles. The van der Waals surface area contributed by atoms with Crippen molar-refractivity contribution in [2.24, 2.45) is 5.92 Å². The predicted molar refractivity (Wildman–Crippen MR) is 104 cm³/mol. The lowest BCUT2D eigenvalue weighted by atomic mass is 10.0. The molecule has 0 spiro atoms. The number of ketones is 1. The molecule has 2 N–H and O–H groups in total. The minimum Gasteiger partial charge on any atom is -0.493 e. The number of esters is 1. The van der Waals surface area contributed by atoms with Crippen LogP contribution in [0.1, 0.15) is 27.8 Å². The van der Waals surface area contributed by atoms with Crippen LogP contribution in [-0.4, -0.2) is 44.2 Å². The normalized spacial score (nSPS) is 11.0. The quantitative estimate of drug-likeness (QED) is 0.470. The SMILES string of the molecule is COc1cc(NC(=O)c2ccco2)c(C(=O)OCC(=O)C(C#N)C(C)=N)cc1OC. The van der Waals surface area contributed by atoms with E-state index in [9.17, 15) is 14.4 Å². The van der Waals surface area contributed by atoms with E-state index in [1.54, 1.807) is 6.07 Å². The van der Waals surface area contributed by atoms with E-state index in [0.717, 1.165) is 0 Å². The third kappa shape index (κ3) is 5.02. The Balaban J connectivity index is 2.30. The molecule has 0 bridgehead atoms. The minimum atomic E-state index is -1.30. The number of nitrogens with one attached hydrogen (secondary N) is 2. The van der Waals surface area contributed by atoms with Crippen LogP contribution in [0.15, 0.2) is 34.9 Å². The maximum atomic E-state index is 12.6. The Hall–Kier alpha value is -4.13. The van der Waals surface area contributed by atoms with E-state index < -0.39 is 30.2 Å². The summed E-state index contributed by atoms with van der Waals surface area (Å²) in [6.07, 6.45) is 1.32. The molecule has 0 radical (unpaired) electrons. The van der Waals surface area contributed by atoms with Gasteiger partial charge in [-0.1, -0.05) is 0 Å². The van der Waals surface area contributed by atoms with E-state index in [4.69, 9.17) is 29.3 Å². The van der Waals surface area contributed by atoms with E-state index in [0.29, 0.717) is 0 Å². The van der Waals surface area contributed by atoms with Gasteiger partial charge in [0.05, 0.1) is 37.8 Å². The van der Waals surface area contributed by atoms with Crippen molar-refractivity contribution in [3.8, 4) is 17.6 Å². The molecule has 0 fully saturated rings. The number of rotatable bonds is 9. The molecule has 0 aliphatic heterocycles. The average Bonchev–Trinajstić information content (AvgIpc) is 3.26. The number of carbonyl (C=O) groups is 3. The van der Waals surface area contributed by atoms with Crippen molar-refractivity contribution in [1.29, 1.82) is 10.7 Å². The van der Waals surface area contributed by atoms with Crippen molar-refractivity contribution in [1.82, 2.24) is 0 Å². The van der Waals surface area contributed by atoms with Crippen LogP contribution in [0.4, 0.5) is 5.69 Å². The topological polar surface area (TPSA) is 152 Å². The lowest BCUT2D eigenvalue weighted by Crippen LogP contribution is -2.26. The number of Topliss-reactive ketones (excluding diaryl/α,β-unsaturated/α-hetero) is 1. The molecule has 156 valence electrons. The first-order valence-electron chi connectivity index (χ1n) is 8.57. The minimum absolute atomic E-state index is 0.0117. The van der Waals surface area contributed by atoms with Crippen LogP contribution in [0.25, 0.3) is 0 Å². The number of nitrogens with zero attached hydrogens (tertiary/aromatic N) is 1. The van der Waals surface area contributed by atoms with E-state index in [1.165, 1.54) is 51.7 Å². The number of nitriles is 1. The molecule has 1 atom stereocenters. The van der Waals surface area contributed by atoms with Crippen LogP contribution in [0, 0.1) is 22.7 Å². The van der Waals surface area contributed by atoms with Gasteiger partial charge < -0.3 is 29.4 Å². The number of hydrogen-bond donors (Lipinski definition) is 2. The van der Waals surface area contributed by atoms with E-state index >= 15 is 0 Å². The number of amides is 1. The molecule has 10 nitrogen and oxygen atoms in total. The molecule has 0 saturated heterocycles. The molecule has 0 aliphatic rings. The number of hydrogen-bond acceptors (Lipinski definition) is 9. The highest BCUT2D eigenvalue weighted by Gasteiger charge is 2.24. The van der Waals surface area contributed by atoms with Gasteiger partial charge >= 0.3 is 5.97 Å². The number of benzene rings is 1. The number of furan rings is 1. The highest BCUT2D eigenvalue weighted by molar-refractivity contribution is 6.09. The molecular weight excluding hydrogens is 394 g/mol. The molecule has 1 aromatic carbocycles. The van der Waals surface area contributed by atoms with Crippen molar-refractivity contribution in [3.63, 3.8) is 0 Å². The highest BCUT2D eigenvalue weighted by Crippen LogP contribution is 2.34. The second-order valence-corrected chi connectivity index (χ2v) is 5.97. The number of ether oxygens (including phenoxy) is 3. The maximum Gasteiger partial charge on any atom is 0.340 e. The zero-order valence-corrected chi connectivity index (χ0v) is 16.5. The fraction of sp³-hybridized carbons (Fsp3) is 0.250. The summed E-state index contributed by atoms with van der Waals surface area (Å²) < 4.78 is 20.4. The number of anilines is 1. The molecular formula is C20H19N3O7. The Morgan fingerprint density at radius 1 is 1.23 bits per heavy atom. The maximum absolute atomic E-state index is 12.6. The standard InChI is InChI=1S/C20H19N3O7/c1-11(22)13(9-21)15(24)10-30-20(26)12-7-17(27-2)18(28-3)8-14(12)23-19(25)16-5-4-6-29-16/h4-8,13,22H,10H2,1-3H3,(H,23,25). The van der Waals surface area contributed by atoms with Crippen LogP contribution in [0.2, 0.25) is 0 Å². The molecule has 1 aromatic heterocycles. The van der Waals surface area contributed by atoms with Crippen molar-refractivity contribution in [2.45, 2.75) is 6.92 Å². The van der Waals surface area contributed by atoms with Gasteiger partial charge in [0.15, 0.2) is 29.6 Å². The van der Waals surface area contributed by atoms with E-state index in [1.807, 2.05) is 0 Å². The van der Waals surface area contributed by atoms with Gasteiger partial charge in [-0.3, -0.25) is 9.59 Å².